The van der Waals surface area contributed by atoms with Crippen molar-refractivity contribution in [2.24, 2.45) is 0 Å². The Morgan fingerprint density at radius 3 is 2.31 bits per heavy atom. The number of ether oxygens (including phenoxy) is 1. The molecule has 5 nitrogen and oxygen atoms in total. The number of likely N-dealkylation sites (tertiary alicyclic amines) is 1. The van der Waals surface area contributed by atoms with Crippen LogP contribution in [0.4, 0.5) is 9.59 Å². The van der Waals surface area contributed by atoms with Crippen molar-refractivity contribution in [2.45, 2.75) is 38.4 Å². The van der Waals surface area contributed by atoms with Gasteiger partial charge in [0.2, 0.25) is 0 Å². The van der Waals surface area contributed by atoms with Crippen LogP contribution in [-0.4, -0.2) is 34.9 Å². The molecule has 1 fully saturated rings. The minimum atomic E-state index is -0.697. The Bertz CT molecular complexity index is 270. The van der Waals surface area contributed by atoms with Crippen molar-refractivity contribution in [3.05, 3.63) is 0 Å². The molecule has 1 rings (SSSR count). The van der Waals surface area contributed by atoms with Gasteiger partial charge < -0.3 is 9.64 Å². The lowest BCUT2D eigenvalue weighted by Gasteiger charge is -2.18. The van der Waals surface area contributed by atoms with Gasteiger partial charge in [0.25, 0.3) is 0 Å². The van der Waals surface area contributed by atoms with Gasteiger partial charge in [-0.2, -0.15) is 0 Å². The highest BCUT2D eigenvalue weighted by molar-refractivity contribution is 7.99. The summed E-state index contributed by atoms with van der Waals surface area (Å²) in [6.45, 7) is 7.23. The van der Waals surface area contributed by atoms with E-state index in [2.05, 4.69) is 9.46 Å². The quantitative estimate of drug-likeness (QED) is 0.570. The Morgan fingerprint density at radius 1 is 1.25 bits per heavy atom. The third kappa shape index (κ3) is 4.74. The van der Waals surface area contributed by atoms with Crippen LogP contribution in [0, 0.1) is 0 Å². The Labute approximate surface area is 100 Å². The Hall–Kier alpha value is -0.910. The summed E-state index contributed by atoms with van der Waals surface area (Å²) in [7, 11) is 0. The van der Waals surface area contributed by atoms with Gasteiger partial charge in [-0.3, -0.25) is 4.72 Å². The topological polar surface area (TPSA) is 58.6 Å². The second-order valence-electron chi connectivity index (χ2n) is 4.67. The summed E-state index contributed by atoms with van der Waals surface area (Å²) in [4.78, 5) is 24.2. The number of amides is 2. The molecule has 0 atom stereocenters. The van der Waals surface area contributed by atoms with Crippen LogP contribution in [0.1, 0.15) is 33.6 Å². The molecule has 0 radical (unpaired) electrons. The van der Waals surface area contributed by atoms with E-state index < -0.39 is 12.2 Å². The summed E-state index contributed by atoms with van der Waals surface area (Å²) in [5, 5.41) is 0. The van der Waals surface area contributed by atoms with Gasteiger partial charge >= 0.3 is 12.2 Å². The molecule has 0 aliphatic carbocycles. The van der Waals surface area contributed by atoms with Gasteiger partial charge in [0, 0.05) is 17.8 Å². The monoisotopic (exact) mass is 246 g/mol. The van der Waals surface area contributed by atoms with Crippen molar-refractivity contribution >= 4 is 24.1 Å². The Morgan fingerprint density at radius 2 is 1.81 bits per heavy atom. The molecular formula is C10H18N2O3S. The van der Waals surface area contributed by atoms with Crippen molar-refractivity contribution in [3.63, 3.8) is 0 Å². The van der Waals surface area contributed by atoms with Crippen molar-refractivity contribution in [2.75, 3.05) is 13.1 Å². The summed E-state index contributed by atoms with van der Waals surface area (Å²) in [6.07, 6.45) is 0.710. The number of nitrogens with one attached hydrogen (secondary N) is 1. The van der Waals surface area contributed by atoms with Gasteiger partial charge in [0.1, 0.15) is 0 Å². The first-order valence-electron chi connectivity index (χ1n) is 5.33. The van der Waals surface area contributed by atoms with Gasteiger partial charge in [-0.15, -0.1) is 0 Å². The summed E-state index contributed by atoms with van der Waals surface area (Å²) < 4.78 is 7.03. The van der Waals surface area contributed by atoms with Crippen LogP contribution in [0.5, 0.6) is 0 Å². The molecule has 1 aliphatic heterocycles. The van der Waals surface area contributed by atoms with Crippen LogP contribution >= 0.6 is 11.9 Å². The van der Waals surface area contributed by atoms with Gasteiger partial charge in [-0.05, 0) is 45.6 Å². The average molecular weight is 246 g/mol. The molecule has 1 heterocycles. The predicted octanol–water partition coefficient (Wildman–Crippen LogP) is 2.38. The predicted molar refractivity (Wildman–Crippen MR) is 63.2 cm³/mol. The second-order valence-corrected chi connectivity index (χ2v) is 6.30. The summed E-state index contributed by atoms with van der Waals surface area (Å²) in [5.41, 5.74) is 0. The summed E-state index contributed by atoms with van der Waals surface area (Å²) >= 11 is 1.23. The largest absolute Gasteiger partial charge is 0.426 e. The van der Waals surface area contributed by atoms with Crippen LogP contribution in [0.2, 0.25) is 0 Å². The van der Waals surface area contributed by atoms with E-state index in [0.29, 0.717) is 13.1 Å². The highest BCUT2D eigenvalue weighted by Crippen LogP contribution is 2.19. The van der Waals surface area contributed by atoms with Crippen LogP contribution < -0.4 is 4.72 Å². The maximum absolute atomic E-state index is 11.4. The highest BCUT2D eigenvalue weighted by Gasteiger charge is 2.22. The summed E-state index contributed by atoms with van der Waals surface area (Å²) in [6, 6.07) is 0. The third-order valence-electron chi connectivity index (χ3n) is 1.98. The first kappa shape index (κ1) is 13.2. The second kappa shape index (κ2) is 5.43. The first-order valence-corrected chi connectivity index (χ1v) is 6.15. The van der Waals surface area contributed by atoms with Crippen molar-refractivity contribution in [1.82, 2.24) is 9.62 Å². The van der Waals surface area contributed by atoms with Crippen molar-refractivity contribution < 1.29 is 14.3 Å². The van der Waals surface area contributed by atoms with Crippen LogP contribution in [-0.2, 0) is 4.74 Å². The molecule has 16 heavy (non-hydrogen) atoms. The lowest BCUT2D eigenvalue weighted by atomic mass is 10.3. The molecule has 0 aromatic rings. The van der Waals surface area contributed by atoms with E-state index in [-0.39, 0.29) is 4.75 Å². The lowest BCUT2D eigenvalue weighted by molar-refractivity contribution is 0.128. The van der Waals surface area contributed by atoms with Crippen molar-refractivity contribution in [1.29, 1.82) is 0 Å². The van der Waals surface area contributed by atoms with E-state index in [1.165, 1.54) is 11.9 Å². The van der Waals surface area contributed by atoms with Gasteiger partial charge in [0.15, 0.2) is 0 Å². The Kier molecular flexibility index (Phi) is 4.46. The third-order valence-corrected chi connectivity index (χ3v) is 2.87. The molecule has 0 unspecified atom stereocenters. The number of nitrogens with zero attached hydrogens (tertiary/aromatic N) is 1. The fourth-order valence-electron chi connectivity index (χ4n) is 1.26. The van der Waals surface area contributed by atoms with E-state index >= 15 is 0 Å². The number of hydrogen-bond acceptors (Lipinski definition) is 4. The summed E-state index contributed by atoms with van der Waals surface area (Å²) in [5.74, 6) is 0. The van der Waals surface area contributed by atoms with Gasteiger partial charge in [-0.1, -0.05) is 0 Å². The molecule has 0 bridgehead atoms. The Balaban J connectivity index is 2.25. The van der Waals surface area contributed by atoms with E-state index in [1.807, 2.05) is 20.8 Å². The smallest absolute Gasteiger partial charge is 0.359 e. The average Bonchev–Trinajstić information content (AvgIpc) is 2.66. The minimum Gasteiger partial charge on any atom is -0.359 e. The van der Waals surface area contributed by atoms with E-state index in [4.69, 9.17) is 0 Å². The van der Waals surface area contributed by atoms with Gasteiger partial charge in [0.05, 0.1) is 0 Å². The molecule has 0 saturated carbocycles. The highest BCUT2D eigenvalue weighted by atomic mass is 32.2. The zero-order chi connectivity index (χ0) is 12.2. The maximum Gasteiger partial charge on any atom is 0.426 e. The van der Waals surface area contributed by atoms with E-state index in [9.17, 15) is 9.59 Å². The zero-order valence-corrected chi connectivity index (χ0v) is 10.7. The van der Waals surface area contributed by atoms with E-state index in [0.717, 1.165) is 12.8 Å². The molecule has 0 spiro atoms. The lowest BCUT2D eigenvalue weighted by Crippen LogP contribution is -2.33. The minimum absolute atomic E-state index is 0.101. The van der Waals surface area contributed by atoms with Crippen molar-refractivity contribution in [3.8, 4) is 0 Å². The molecule has 0 aromatic heterocycles. The fraction of sp³-hybridized carbons (Fsp3) is 0.800. The maximum atomic E-state index is 11.4. The normalized spacial score (nSPS) is 16.1. The molecule has 0 aromatic carbocycles. The number of hydrogen-bond donors (Lipinski definition) is 1. The first-order chi connectivity index (χ1) is 7.38. The van der Waals surface area contributed by atoms with E-state index in [1.54, 1.807) is 4.90 Å². The standard InChI is InChI=1S/C10H18N2O3S/c1-10(2,3)16-11-8(13)15-9(14)12-6-4-5-7-12/h4-7H2,1-3H3,(H,11,13). The molecule has 1 aliphatic rings. The zero-order valence-electron chi connectivity index (χ0n) is 9.91. The number of rotatable bonds is 1. The van der Waals surface area contributed by atoms with Crippen LogP contribution in [0.25, 0.3) is 0 Å². The number of carbonyl (C=O) groups is 2. The molecular weight excluding hydrogens is 228 g/mol. The van der Waals surface area contributed by atoms with Gasteiger partial charge in [-0.25, -0.2) is 9.59 Å². The van der Waals surface area contributed by atoms with Crippen LogP contribution in [0.15, 0.2) is 0 Å². The molecule has 2 amide bonds. The van der Waals surface area contributed by atoms with Crippen LogP contribution in [0.3, 0.4) is 0 Å². The SMILES string of the molecule is CC(C)(C)SNC(=O)OC(=O)N1CCCC1. The fourth-order valence-corrected chi connectivity index (χ4v) is 1.69. The molecule has 6 heteroatoms. The number of carbonyl (C=O) groups excluding carboxylic acids is 2. The molecule has 92 valence electrons. The molecule has 1 saturated heterocycles. The molecule has 1 N–H and O–H groups in total.